The molecule has 5 heteroatoms. The molecule has 29 heavy (non-hydrogen) atoms. The SMILES string of the molecule is Cc1cc(OCC(=O)N/N=C\c2c3ccccc3cc3ccccc23)ccc1Cl. The van der Waals surface area contributed by atoms with Crippen molar-refractivity contribution in [3.05, 3.63) is 88.9 Å². The lowest BCUT2D eigenvalue weighted by Crippen LogP contribution is -2.24. The monoisotopic (exact) mass is 402 g/mol. The highest BCUT2D eigenvalue weighted by Gasteiger charge is 2.06. The smallest absolute Gasteiger partial charge is 0.277 e. The minimum absolute atomic E-state index is 0.130. The van der Waals surface area contributed by atoms with Crippen LogP contribution in [0.3, 0.4) is 0 Å². The van der Waals surface area contributed by atoms with E-state index < -0.39 is 0 Å². The predicted octanol–water partition coefficient (Wildman–Crippen LogP) is 5.48. The first-order valence-corrected chi connectivity index (χ1v) is 9.61. The Labute approximate surface area is 173 Å². The zero-order chi connectivity index (χ0) is 20.2. The maximum absolute atomic E-state index is 12.1. The number of benzene rings is 4. The molecule has 0 saturated carbocycles. The molecule has 0 radical (unpaired) electrons. The summed E-state index contributed by atoms with van der Waals surface area (Å²) in [4.78, 5) is 12.1. The third kappa shape index (κ3) is 4.23. The average molecular weight is 403 g/mol. The molecule has 0 saturated heterocycles. The van der Waals surface area contributed by atoms with Crippen molar-refractivity contribution in [3.63, 3.8) is 0 Å². The molecule has 0 aliphatic heterocycles. The average Bonchev–Trinajstić information content (AvgIpc) is 2.74. The Morgan fingerprint density at radius 1 is 1.00 bits per heavy atom. The Morgan fingerprint density at radius 2 is 1.66 bits per heavy atom. The zero-order valence-electron chi connectivity index (χ0n) is 15.9. The summed E-state index contributed by atoms with van der Waals surface area (Å²) in [7, 11) is 0. The lowest BCUT2D eigenvalue weighted by Gasteiger charge is -2.08. The number of nitrogens with one attached hydrogen (secondary N) is 1. The number of aryl methyl sites for hydroxylation is 1. The van der Waals surface area contributed by atoms with Crippen molar-refractivity contribution in [1.29, 1.82) is 0 Å². The summed E-state index contributed by atoms with van der Waals surface area (Å²) in [5, 5.41) is 9.23. The number of amides is 1. The third-order valence-corrected chi connectivity index (χ3v) is 5.12. The largest absolute Gasteiger partial charge is 0.484 e. The van der Waals surface area contributed by atoms with Gasteiger partial charge in [-0.15, -0.1) is 0 Å². The fourth-order valence-electron chi connectivity index (χ4n) is 3.24. The number of fused-ring (bicyclic) bond motifs is 2. The van der Waals surface area contributed by atoms with Crippen LogP contribution in [0.15, 0.2) is 77.9 Å². The molecule has 144 valence electrons. The molecule has 0 unspecified atom stereocenters. The van der Waals surface area contributed by atoms with Crippen molar-refractivity contribution >= 4 is 45.3 Å². The molecule has 0 aliphatic carbocycles. The maximum atomic E-state index is 12.1. The van der Waals surface area contributed by atoms with Gasteiger partial charge in [0.25, 0.3) is 5.91 Å². The van der Waals surface area contributed by atoms with Crippen LogP contribution in [0.4, 0.5) is 0 Å². The van der Waals surface area contributed by atoms with Crippen molar-refractivity contribution in [3.8, 4) is 5.75 Å². The van der Waals surface area contributed by atoms with Gasteiger partial charge in [0.1, 0.15) is 5.75 Å². The van der Waals surface area contributed by atoms with Crippen LogP contribution < -0.4 is 10.2 Å². The molecule has 0 atom stereocenters. The van der Waals surface area contributed by atoms with Crippen molar-refractivity contribution in [2.45, 2.75) is 6.92 Å². The first-order valence-electron chi connectivity index (χ1n) is 9.23. The van der Waals surface area contributed by atoms with Crippen LogP contribution in [0.2, 0.25) is 5.02 Å². The van der Waals surface area contributed by atoms with Crippen LogP contribution in [-0.4, -0.2) is 18.7 Å². The van der Waals surface area contributed by atoms with Gasteiger partial charge >= 0.3 is 0 Å². The van der Waals surface area contributed by atoms with Crippen molar-refractivity contribution in [1.82, 2.24) is 5.43 Å². The van der Waals surface area contributed by atoms with Crippen LogP contribution in [-0.2, 0) is 4.79 Å². The highest BCUT2D eigenvalue weighted by atomic mass is 35.5. The van der Waals surface area contributed by atoms with E-state index in [0.29, 0.717) is 10.8 Å². The van der Waals surface area contributed by atoms with Gasteiger partial charge in [0, 0.05) is 10.6 Å². The van der Waals surface area contributed by atoms with Crippen LogP contribution >= 0.6 is 11.6 Å². The van der Waals surface area contributed by atoms with E-state index in [-0.39, 0.29) is 12.5 Å². The molecule has 4 aromatic rings. The second-order valence-corrected chi connectivity index (χ2v) is 7.13. The molecule has 0 heterocycles. The van der Waals surface area contributed by atoms with Gasteiger partial charge in [-0.3, -0.25) is 4.79 Å². The van der Waals surface area contributed by atoms with E-state index in [1.807, 2.05) is 31.2 Å². The van der Waals surface area contributed by atoms with Crippen molar-refractivity contribution in [2.24, 2.45) is 5.10 Å². The highest BCUT2D eigenvalue weighted by molar-refractivity contribution is 6.31. The second kappa shape index (κ2) is 8.33. The first-order chi connectivity index (χ1) is 14.1. The number of hydrogen-bond acceptors (Lipinski definition) is 3. The minimum atomic E-state index is -0.335. The number of hydrogen-bond donors (Lipinski definition) is 1. The minimum Gasteiger partial charge on any atom is -0.484 e. The molecule has 4 nitrogen and oxygen atoms in total. The van der Waals surface area contributed by atoms with E-state index in [9.17, 15) is 4.79 Å². The van der Waals surface area contributed by atoms with Gasteiger partial charge in [-0.2, -0.15) is 5.10 Å². The zero-order valence-corrected chi connectivity index (χ0v) is 16.6. The third-order valence-electron chi connectivity index (χ3n) is 4.70. The Bertz CT molecular complexity index is 1180. The Hall–Kier alpha value is -3.37. The van der Waals surface area contributed by atoms with Crippen LogP contribution in [0, 0.1) is 6.92 Å². The molecule has 1 amide bonds. The number of carbonyl (C=O) groups excluding carboxylic acids is 1. The summed E-state index contributed by atoms with van der Waals surface area (Å²) in [6.45, 7) is 1.75. The summed E-state index contributed by atoms with van der Waals surface area (Å²) in [6, 6.07) is 23.7. The second-order valence-electron chi connectivity index (χ2n) is 6.73. The van der Waals surface area contributed by atoms with E-state index in [1.54, 1.807) is 24.4 Å². The Balaban J connectivity index is 1.50. The summed E-state index contributed by atoms with van der Waals surface area (Å²) >= 11 is 6.00. The van der Waals surface area contributed by atoms with E-state index in [0.717, 1.165) is 32.7 Å². The molecule has 0 aromatic heterocycles. The van der Waals surface area contributed by atoms with Gasteiger partial charge in [-0.05, 0) is 58.3 Å². The quantitative estimate of drug-likeness (QED) is 0.273. The molecule has 4 rings (SSSR count). The fraction of sp³-hybridized carbons (Fsp3) is 0.0833. The molecule has 0 aliphatic rings. The van der Waals surface area contributed by atoms with E-state index >= 15 is 0 Å². The standard InChI is InChI=1S/C24H19ClN2O2/c1-16-12-19(10-11-23(16)25)29-15-24(28)27-26-14-22-20-8-4-2-6-17(20)13-18-7-3-5-9-21(18)22/h2-14H,15H2,1H3,(H,27,28)/b26-14-. The van der Waals surface area contributed by atoms with Crippen LogP contribution in [0.5, 0.6) is 5.75 Å². The number of hydrazone groups is 1. The fourth-order valence-corrected chi connectivity index (χ4v) is 3.36. The molecule has 0 bridgehead atoms. The number of ether oxygens (including phenoxy) is 1. The Kier molecular flexibility index (Phi) is 5.45. The van der Waals surface area contributed by atoms with Gasteiger partial charge < -0.3 is 4.74 Å². The van der Waals surface area contributed by atoms with Crippen LogP contribution in [0.1, 0.15) is 11.1 Å². The van der Waals surface area contributed by atoms with Gasteiger partial charge in [0.2, 0.25) is 0 Å². The number of nitrogens with zero attached hydrogens (tertiary/aromatic N) is 1. The van der Waals surface area contributed by atoms with Crippen LogP contribution in [0.25, 0.3) is 21.5 Å². The summed E-state index contributed by atoms with van der Waals surface area (Å²) < 4.78 is 5.50. The summed E-state index contributed by atoms with van der Waals surface area (Å²) in [6.07, 6.45) is 1.69. The molecular formula is C24H19ClN2O2. The number of halogens is 1. The summed E-state index contributed by atoms with van der Waals surface area (Å²) in [5.74, 6) is 0.254. The summed E-state index contributed by atoms with van der Waals surface area (Å²) in [5.41, 5.74) is 4.40. The number of rotatable bonds is 5. The van der Waals surface area contributed by atoms with E-state index in [2.05, 4.69) is 40.9 Å². The molecule has 1 N–H and O–H groups in total. The lowest BCUT2D eigenvalue weighted by molar-refractivity contribution is -0.123. The van der Waals surface area contributed by atoms with Crippen molar-refractivity contribution < 1.29 is 9.53 Å². The normalized spacial score (nSPS) is 11.2. The predicted molar refractivity (Wildman–Crippen MR) is 119 cm³/mol. The molecule has 0 spiro atoms. The lowest BCUT2D eigenvalue weighted by atomic mass is 9.97. The van der Waals surface area contributed by atoms with E-state index in [1.165, 1.54) is 0 Å². The number of carbonyl (C=O) groups is 1. The van der Waals surface area contributed by atoms with Crippen molar-refractivity contribution in [2.75, 3.05) is 6.61 Å². The Morgan fingerprint density at radius 3 is 2.31 bits per heavy atom. The first kappa shape index (κ1) is 19.0. The van der Waals surface area contributed by atoms with Gasteiger partial charge in [0.15, 0.2) is 6.61 Å². The van der Waals surface area contributed by atoms with Gasteiger partial charge in [-0.1, -0.05) is 60.1 Å². The maximum Gasteiger partial charge on any atom is 0.277 e. The highest BCUT2D eigenvalue weighted by Crippen LogP contribution is 2.27. The van der Waals surface area contributed by atoms with Gasteiger partial charge in [0.05, 0.1) is 6.21 Å². The topological polar surface area (TPSA) is 50.7 Å². The van der Waals surface area contributed by atoms with E-state index in [4.69, 9.17) is 16.3 Å². The molecule has 0 fully saturated rings. The molecular weight excluding hydrogens is 384 g/mol. The molecule has 4 aromatic carbocycles. The van der Waals surface area contributed by atoms with Gasteiger partial charge in [-0.25, -0.2) is 5.43 Å².